The molecule has 0 aliphatic carbocycles. The van der Waals surface area contributed by atoms with Gasteiger partial charge >= 0.3 is 0 Å². The van der Waals surface area contributed by atoms with Crippen LogP contribution >= 0.6 is 7.14 Å². The van der Waals surface area contributed by atoms with Gasteiger partial charge in [0.25, 0.3) is 0 Å². The molecular formula is C64H39N2OP. The first kappa shape index (κ1) is 38.7. The first-order valence-corrected chi connectivity index (χ1v) is 24.9. The van der Waals surface area contributed by atoms with Gasteiger partial charge in [0, 0.05) is 70.1 Å². The van der Waals surface area contributed by atoms with Gasteiger partial charge in [-0.3, -0.25) is 0 Å². The fourth-order valence-corrected chi connectivity index (χ4v) is 13.9. The average Bonchev–Trinajstić information content (AvgIpc) is 3.41. The zero-order valence-electron chi connectivity index (χ0n) is 36.8. The van der Waals surface area contributed by atoms with Crippen LogP contribution in [0.5, 0.6) is 0 Å². The van der Waals surface area contributed by atoms with Crippen LogP contribution in [0.3, 0.4) is 0 Å². The molecule has 0 saturated carbocycles. The molecule has 14 aromatic rings. The standard InChI is InChI=1S/C64H39N2OP/c67-68(58-23-11-17-40-12-1-6-18-49(40)58,47-32-24-45(25-33-47)59-54-36-28-41-13-2-7-19-50(41)61(54)65-62-51-20-8-3-14-42(51)29-37-55(59)62)48-34-26-46(27-35-48)60-56-38-30-43-15-4-9-21-52(43)63(56)66-64-53-22-10-5-16-44(53)31-39-57(60)64/h1-39H. The molecule has 0 aliphatic rings. The van der Waals surface area contributed by atoms with E-state index in [0.717, 1.165) is 136 Å². The zero-order chi connectivity index (χ0) is 44.9. The van der Waals surface area contributed by atoms with E-state index in [9.17, 15) is 0 Å². The van der Waals surface area contributed by atoms with Crippen LogP contribution < -0.4 is 15.9 Å². The minimum Gasteiger partial charge on any atom is -0.309 e. The summed E-state index contributed by atoms with van der Waals surface area (Å²) >= 11 is 0. The normalized spacial score (nSPS) is 12.2. The molecule has 0 aliphatic heterocycles. The molecule has 3 nitrogen and oxygen atoms in total. The van der Waals surface area contributed by atoms with Crippen LogP contribution in [-0.2, 0) is 4.57 Å². The number of nitrogens with zero attached hydrogens (tertiary/aromatic N) is 2. The summed E-state index contributed by atoms with van der Waals surface area (Å²) in [6.45, 7) is 0. The summed E-state index contributed by atoms with van der Waals surface area (Å²) in [4.78, 5) is 10.9. The maximum Gasteiger partial charge on any atom is 0.171 e. The second kappa shape index (κ2) is 15.0. The van der Waals surface area contributed by atoms with Crippen LogP contribution in [0.1, 0.15) is 0 Å². The third-order valence-corrected chi connectivity index (χ3v) is 17.4. The van der Waals surface area contributed by atoms with Crippen LogP contribution in [0, 0.1) is 0 Å². The van der Waals surface area contributed by atoms with E-state index in [2.05, 4.69) is 218 Å². The molecule has 0 amide bonds. The summed E-state index contributed by atoms with van der Waals surface area (Å²) in [6.07, 6.45) is 0. The van der Waals surface area contributed by atoms with Crippen molar-refractivity contribution in [2.24, 2.45) is 0 Å². The summed E-state index contributed by atoms with van der Waals surface area (Å²) in [7, 11) is -3.49. The molecule has 0 atom stereocenters. The van der Waals surface area contributed by atoms with Gasteiger partial charge in [-0.15, -0.1) is 0 Å². The molecule has 2 aromatic heterocycles. The molecule has 0 spiro atoms. The van der Waals surface area contributed by atoms with Gasteiger partial charge in [-0.05, 0) is 43.4 Å². The lowest BCUT2D eigenvalue weighted by Gasteiger charge is -2.23. The zero-order valence-corrected chi connectivity index (χ0v) is 37.7. The monoisotopic (exact) mass is 882 g/mol. The SMILES string of the molecule is O=P(c1ccc(-c2c3ccc4ccccc4c3nc3c2ccc2ccccc23)cc1)(c1ccc(-c2c3ccc4ccccc4c3nc3c2ccc2ccccc23)cc1)c1cccc2ccccc12. The van der Waals surface area contributed by atoms with Crippen LogP contribution in [0.25, 0.3) is 120 Å². The lowest BCUT2D eigenvalue weighted by atomic mass is 9.92. The molecule has 0 fully saturated rings. The number of fused-ring (bicyclic) bond motifs is 13. The van der Waals surface area contributed by atoms with Crippen LogP contribution in [0.4, 0.5) is 0 Å². The van der Waals surface area contributed by atoms with E-state index in [1.165, 1.54) is 0 Å². The molecule has 0 radical (unpaired) electrons. The van der Waals surface area contributed by atoms with E-state index < -0.39 is 7.14 Å². The van der Waals surface area contributed by atoms with Crippen molar-refractivity contribution in [3.63, 3.8) is 0 Å². The molecule has 0 bridgehead atoms. The van der Waals surface area contributed by atoms with Gasteiger partial charge in [0.1, 0.15) is 0 Å². The third-order valence-electron chi connectivity index (χ3n) is 14.3. The third kappa shape index (κ3) is 5.76. The average molecular weight is 883 g/mol. The van der Waals surface area contributed by atoms with Gasteiger partial charge in [-0.2, -0.15) is 0 Å². The second-order valence-corrected chi connectivity index (χ2v) is 20.6. The lowest BCUT2D eigenvalue weighted by molar-refractivity contribution is 0.592. The topological polar surface area (TPSA) is 42.9 Å². The Kier molecular flexibility index (Phi) is 8.56. The fourth-order valence-electron chi connectivity index (χ4n) is 11.0. The van der Waals surface area contributed by atoms with E-state index in [0.29, 0.717) is 0 Å². The molecule has 316 valence electrons. The van der Waals surface area contributed by atoms with Crippen molar-refractivity contribution in [2.75, 3.05) is 0 Å². The van der Waals surface area contributed by atoms with Crippen LogP contribution in [-0.4, -0.2) is 9.97 Å². The maximum atomic E-state index is 16.7. The van der Waals surface area contributed by atoms with Crippen LogP contribution in [0.15, 0.2) is 237 Å². The summed E-state index contributed by atoms with van der Waals surface area (Å²) in [6, 6.07) is 83.2. The van der Waals surface area contributed by atoms with Crippen molar-refractivity contribution in [1.82, 2.24) is 9.97 Å². The number of pyridine rings is 2. The van der Waals surface area contributed by atoms with Gasteiger partial charge in [0.05, 0.1) is 22.1 Å². The van der Waals surface area contributed by atoms with Gasteiger partial charge in [-0.25, -0.2) is 9.97 Å². The number of hydrogen-bond donors (Lipinski definition) is 0. The van der Waals surface area contributed by atoms with E-state index in [1.54, 1.807) is 0 Å². The molecule has 14 rings (SSSR count). The van der Waals surface area contributed by atoms with Crippen molar-refractivity contribution < 1.29 is 4.57 Å². The Labute approximate surface area is 392 Å². The number of rotatable bonds is 5. The molecule has 68 heavy (non-hydrogen) atoms. The van der Waals surface area contributed by atoms with Gasteiger partial charge in [0.2, 0.25) is 0 Å². The van der Waals surface area contributed by atoms with E-state index >= 15 is 4.57 Å². The van der Waals surface area contributed by atoms with Crippen molar-refractivity contribution >= 4 is 121 Å². The molecule has 12 aromatic carbocycles. The Hall–Kier alpha value is -8.49. The smallest absolute Gasteiger partial charge is 0.171 e. The highest BCUT2D eigenvalue weighted by Crippen LogP contribution is 2.47. The summed E-state index contributed by atoms with van der Waals surface area (Å²) in [5, 5.41) is 17.9. The van der Waals surface area contributed by atoms with E-state index in [-0.39, 0.29) is 0 Å². The number of benzene rings is 12. The van der Waals surface area contributed by atoms with Crippen molar-refractivity contribution in [3.8, 4) is 22.3 Å². The lowest BCUT2D eigenvalue weighted by Crippen LogP contribution is -2.25. The first-order chi connectivity index (χ1) is 33.6. The molecule has 2 heterocycles. The van der Waals surface area contributed by atoms with Gasteiger partial charge in [-0.1, -0.05) is 237 Å². The Morgan fingerprint density at radius 2 is 0.544 bits per heavy atom. The Bertz CT molecular complexity index is 4030. The van der Waals surface area contributed by atoms with Gasteiger partial charge < -0.3 is 4.57 Å². The van der Waals surface area contributed by atoms with Crippen LogP contribution in [0.2, 0.25) is 0 Å². The highest BCUT2D eigenvalue weighted by atomic mass is 31.2. The Morgan fingerprint density at radius 1 is 0.250 bits per heavy atom. The Balaban J connectivity index is 0.980. The summed E-state index contributed by atoms with van der Waals surface area (Å²) in [5.41, 5.74) is 8.24. The van der Waals surface area contributed by atoms with Gasteiger partial charge in [0.15, 0.2) is 7.14 Å². The second-order valence-electron chi connectivity index (χ2n) is 17.9. The number of aromatic nitrogens is 2. The minimum atomic E-state index is -3.49. The first-order valence-electron chi connectivity index (χ1n) is 23.2. The largest absolute Gasteiger partial charge is 0.309 e. The van der Waals surface area contributed by atoms with E-state index in [4.69, 9.17) is 9.97 Å². The highest BCUT2D eigenvalue weighted by Gasteiger charge is 2.32. The van der Waals surface area contributed by atoms with Crippen molar-refractivity contribution in [2.45, 2.75) is 0 Å². The summed E-state index contributed by atoms with van der Waals surface area (Å²) in [5.74, 6) is 0. The minimum absolute atomic E-state index is 0.779. The molecule has 0 N–H and O–H groups in total. The summed E-state index contributed by atoms with van der Waals surface area (Å²) < 4.78 is 16.7. The Morgan fingerprint density at radius 3 is 0.897 bits per heavy atom. The number of hydrogen-bond acceptors (Lipinski definition) is 3. The van der Waals surface area contributed by atoms with E-state index in [1.807, 2.05) is 18.2 Å². The quantitative estimate of drug-likeness (QED) is 0.0982. The van der Waals surface area contributed by atoms with Crippen molar-refractivity contribution in [1.29, 1.82) is 0 Å². The molecule has 0 saturated heterocycles. The molecule has 4 heteroatoms. The maximum absolute atomic E-state index is 16.7. The fraction of sp³-hybridized carbons (Fsp3) is 0. The predicted molar refractivity (Wildman–Crippen MR) is 290 cm³/mol. The molecular weight excluding hydrogens is 844 g/mol. The predicted octanol–water partition coefficient (Wildman–Crippen LogP) is 15.8. The molecule has 0 unspecified atom stereocenters. The highest BCUT2D eigenvalue weighted by molar-refractivity contribution is 7.85. The van der Waals surface area contributed by atoms with Crippen molar-refractivity contribution in [3.05, 3.63) is 237 Å².